The number of carbonyl (C=O) groups is 1. The van der Waals surface area contributed by atoms with Crippen LogP contribution in [0.15, 0.2) is 17.1 Å². The standard InChI is InChI=1S/C14H20N2O3S/c1-19-13-7-15-11(6-12(13)17)14(18)16-5-3-4-10(8-16)9-20-2/h6-7,10H,3-5,8-9H2,1-2H3,(H,15,17). The summed E-state index contributed by atoms with van der Waals surface area (Å²) >= 11 is 1.81. The van der Waals surface area contributed by atoms with Crippen molar-refractivity contribution >= 4 is 17.7 Å². The number of aromatic amines is 1. The molecule has 0 bridgehead atoms. The first-order valence-corrected chi connectivity index (χ1v) is 8.10. The normalized spacial score (nSPS) is 18.9. The van der Waals surface area contributed by atoms with Crippen LogP contribution in [-0.4, -0.2) is 48.0 Å². The van der Waals surface area contributed by atoms with E-state index in [1.54, 1.807) is 0 Å². The molecule has 0 saturated carbocycles. The van der Waals surface area contributed by atoms with Gasteiger partial charge in [-0.2, -0.15) is 11.8 Å². The van der Waals surface area contributed by atoms with Crippen LogP contribution in [-0.2, 0) is 0 Å². The van der Waals surface area contributed by atoms with Crippen molar-refractivity contribution in [3.63, 3.8) is 0 Å². The summed E-state index contributed by atoms with van der Waals surface area (Å²) in [5, 5.41) is 0. The lowest BCUT2D eigenvalue weighted by atomic mass is 10.00. The van der Waals surface area contributed by atoms with Gasteiger partial charge in [0.1, 0.15) is 5.69 Å². The number of carbonyl (C=O) groups excluding carboxylic acids is 1. The number of nitrogens with one attached hydrogen (secondary N) is 1. The van der Waals surface area contributed by atoms with Gasteiger partial charge < -0.3 is 14.6 Å². The van der Waals surface area contributed by atoms with Crippen molar-refractivity contribution in [1.29, 1.82) is 0 Å². The van der Waals surface area contributed by atoms with Gasteiger partial charge in [0.05, 0.1) is 7.11 Å². The predicted octanol–water partition coefficient (Wildman–Crippen LogP) is 1.60. The SMILES string of the molecule is COc1c[nH]c(C(=O)N2CCCC(CSC)C2)cc1=O. The molecule has 1 aromatic rings. The Bertz CT molecular complexity index is 527. The molecule has 5 nitrogen and oxygen atoms in total. The van der Waals surface area contributed by atoms with Gasteiger partial charge in [-0.3, -0.25) is 9.59 Å². The summed E-state index contributed by atoms with van der Waals surface area (Å²) in [4.78, 5) is 28.8. The highest BCUT2D eigenvalue weighted by Crippen LogP contribution is 2.20. The van der Waals surface area contributed by atoms with Gasteiger partial charge >= 0.3 is 0 Å². The summed E-state index contributed by atoms with van der Waals surface area (Å²) < 4.78 is 4.90. The van der Waals surface area contributed by atoms with E-state index in [-0.39, 0.29) is 17.1 Å². The van der Waals surface area contributed by atoms with Crippen LogP contribution in [0.4, 0.5) is 0 Å². The van der Waals surface area contributed by atoms with E-state index in [2.05, 4.69) is 11.2 Å². The third-order valence-electron chi connectivity index (χ3n) is 3.54. The Hall–Kier alpha value is -1.43. The van der Waals surface area contributed by atoms with Gasteiger partial charge in [-0.25, -0.2) is 0 Å². The molecule has 0 spiro atoms. The molecule has 0 aliphatic carbocycles. The molecule has 1 unspecified atom stereocenters. The maximum Gasteiger partial charge on any atom is 0.270 e. The lowest BCUT2D eigenvalue weighted by molar-refractivity contribution is 0.0679. The lowest BCUT2D eigenvalue weighted by Gasteiger charge is -2.32. The minimum absolute atomic E-state index is 0.101. The molecule has 1 aliphatic rings. The Morgan fingerprint density at radius 2 is 2.40 bits per heavy atom. The Balaban J connectivity index is 2.10. The molecular formula is C14H20N2O3S. The third-order valence-corrected chi connectivity index (χ3v) is 4.34. The van der Waals surface area contributed by atoms with Crippen molar-refractivity contribution in [3.05, 3.63) is 28.2 Å². The van der Waals surface area contributed by atoms with E-state index in [0.717, 1.165) is 25.3 Å². The molecule has 110 valence electrons. The fourth-order valence-corrected chi connectivity index (χ4v) is 3.28. The summed E-state index contributed by atoms with van der Waals surface area (Å²) in [5.41, 5.74) is 0.0628. The van der Waals surface area contributed by atoms with Gasteiger partial charge in [0.25, 0.3) is 5.91 Å². The number of H-pyrrole nitrogens is 1. The Kier molecular flexibility index (Phi) is 5.11. The Morgan fingerprint density at radius 1 is 1.60 bits per heavy atom. The number of piperidine rings is 1. The number of hydrogen-bond donors (Lipinski definition) is 1. The zero-order valence-corrected chi connectivity index (χ0v) is 12.7. The lowest BCUT2D eigenvalue weighted by Crippen LogP contribution is -2.41. The molecular weight excluding hydrogens is 276 g/mol. The molecule has 20 heavy (non-hydrogen) atoms. The largest absolute Gasteiger partial charge is 0.491 e. The number of likely N-dealkylation sites (tertiary alicyclic amines) is 1. The summed E-state index contributed by atoms with van der Waals surface area (Å²) in [7, 11) is 1.43. The van der Waals surface area contributed by atoms with E-state index in [1.807, 2.05) is 16.7 Å². The second-order valence-electron chi connectivity index (χ2n) is 4.99. The maximum atomic E-state index is 12.4. The quantitative estimate of drug-likeness (QED) is 0.916. The molecule has 1 atom stereocenters. The zero-order chi connectivity index (χ0) is 14.5. The van der Waals surface area contributed by atoms with Gasteiger partial charge in [0.2, 0.25) is 5.43 Å². The predicted molar refractivity (Wildman–Crippen MR) is 80.6 cm³/mol. The summed E-state index contributed by atoms with van der Waals surface area (Å²) in [6.07, 6.45) is 5.72. The minimum atomic E-state index is -0.271. The van der Waals surface area contributed by atoms with Crippen LogP contribution >= 0.6 is 11.8 Å². The van der Waals surface area contributed by atoms with E-state index >= 15 is 0 Å². The van der Waals surface area contributed by atoms with Crippen LogP contribution < -0.4 is 10.2 Å². The van der Waals surface area contributed by atoms with E-state index in [4.69, 9.17) is 4.74 Å². The molecule has 1 aromatic heterocycles. The van der Waals surface area contributed by atoms with Crippen molar-refractivity contribution in [2.24, 2.45) is 5.92 Å². The highest BCUT2D eigenvalue weighted by Gasteiger charge is 2.24. The van der Waals surface area contributed by atoms with Crippen LogP contribution in [0, 0.1) is 5.92 Å². The molecule has 1 saturated heterocycles. The summed E-state index contributed by atoms with van der Waals surface area (Å²) in [6.45, 7) is 1.53. The molecule has 2 rings (SSSR count). The molecule has 2 heterocycles. The molecule has 6 heteroatoms. The minimum Gasteiger partial charge on any atom is -0.491 e. The smallest absolute Gasteiger partial charge is 0.270 e. The third kappa shape index (κ3) is 3.36. The number of amides is 1. The highest BCUT2D eigenvalue weighted by molar-refractivity contribution is 7.98. The first-order valence-electron chi connectivity index (χ1n) is 6.70. The zero-order valence-electron chi connectivity index (χ0n) is 11.8. The van der Waals surface area contributed by atoms with Crippen molar-refractivity contribution in [2.45, 2.75) is 12.8 Å². The number of rotatable bonds is 4. The van der Waals surface area contributed by atoms with Crippen LogP contribution in [0.25, 0.3) is 0 Å². The fourth-order valence-electron chi connectivity index (χ4n) is 2.53. The van der Waals surface area contributed by atoms with Gasteiger partial charge in [-0.15, -0.1) is 0 Å². The number of thioether (sulfide) groups is 1. The first kappa shape index (κ1) is 15.0. The highest BCUT2D eigenvalue weighted by atomic mass is 32.2. The average molecular weight is 296 g/mol. The Labute approximate surface area is 122 Å². The number of pyridine rings is 1. The molecule has 0 radical (unpaired) electrons. The number of aromatic nitrogens is 1. The molecule has 1 fully saturated rings. The number of methoxy groups -OCH3 is 1. The van der Waals surface area contributed by atoms with E-state index < -0.39 is 0 Å². The van der Waals surface area contributed by atoms with Crippen molar-refractivity contribution in [1.82, 2.24) is 9.88 Å². The van der Waals surface area contributed by atoms with Crippen molar-refractivity contribution < 1.29 is 9.53 Å². The summed E-state index contributed by atoms with van der Waals surface area (Å²) in [6, 6.07) is 1.32. The van der Waals surface area contributed by atoms with E-state index in [0.29, 0.717) is 11.6 Å². The van der Waals surface area contributed by atoms with Crippen LogP contribution in [0.3, 0.4) is 0 Å². The molecule has 1 N–H and O–H groups in total. The summed E-state index contributed by atoms with van der Waals surface area (Å²) in [5.74, 6) is 1.74. The average Bonchev–Trinajstić information content (AvgIpc) is 2.47. The van der Waals surface area contributed by atoms with Crippen molar-refractivity contribution in [3.8, 4) is 5.75 Å². The second-order valence-corrected chi connectivity index (χ2v) is 5.90. The van der Waals surface area contributed by atoms with E-state index in [1.165, 1.54) is 25.8 Å². The van der Waals surface area contributed by atoms with Crippen LogP contribution in [0.2, 0.25) is 0 Å². The second kappa shape index (κ2) is 6.83. The van der Waals surface area contributed by atoms with Gasteiger partial charge in [-0.1, -0.05) is 0 Å². The molecule has 1 aliphatic heterocycles. The van der Waals surface area contributed by atoms with Crippen LogP contribution in [0.5, 0.6) is 5.75 Å². The van der Waals surface area contributed by atoms with Crippen LogP contribution in [0.1, 0.15) is 23.3 Å². The topological polar surface area (TPSA) is 62.4 Å². The molecule has 0 aromatic carbocycles. The van der Waals surface area contributed by atoms with Gasteiger partial charge in [-0.05, 0) is 30.8 Å². The van der Waals surface area contributed by atoms with Gasteiger partial charge in [0.15, 0.2) is 5.75 Å². The van der Waals surface area contributed by atoms with Gasteiger partial charge in [0, 0.05) is 25.4 Å². The van der Waals surface area contributed by atoms with Crippen molar-refractivity contribution in [2.75, 3.05) is 32.2 Å². The number of nitrogens with zero attached hydrogens (tertiary/aromatic N) is 1. The monoisotopic (exact) mass is 296 g/mol. The fraction of sp³-hybridized carbons (Fsp3) is 0.571. The molecule has 1 amide bonds. The number of ether oxygens (including phenoxy) is 1. The number of hydrogen-bond acceptors (Lipinski definition) is 4. The van der Waals surface area contributed by atoms with E-state index in [9.17, 15) is 9.59 Å². The maximum absolute atomic E-state index is 12.4. The first-order chi connectivity index (χ1) is 9.65. The Morgan fingerprint density at radius 3 is 3.05 bits per heavy atom.